The summed E-state index contributed by atoms with van der Waals surface area (Å²) in [5.74, 6) is -4.10. The summed E-state index contributed by atoms with van der Waals surface area (Å²) in [6.45, 7) is 1.35. The van der Waals surface area contributed by atoms with Gasteiger partial charge in [-0.25, -0.2) is 8.78 Å². The predicted molar refractivity (Wildman–Crippen MR) is 47.4 cm³/mol. The van der Waals surface area contributed by atoms with E-state index < -0.39 is 17.8 Å². The van der Waals surface area contributed by atoms with E-state index in [0.717, 1.165) is 6.92 Å². The second-order valence-electron chi connectivity index (χ2n) is 3.98. The first-order chi connectivity index (χ1) is 6.38. The lowest BCUT2D eigenvalue weighted by Gasteiger charge is -2.32. The molecule has 0 saturated carbocycles. The van der Waals surface area contributed by atoms with Crippen molar-refractivity contribution in [1.29, 1.82) is 0 Å². The monoisotopic (exact) mass is 207 g/mol. The van der Waals surface area contributed by atoms with E-state index in [4.69, 9.17) is 5.11 Å². The van der Waals surface area contributed by atoms with Crippen molar-refractivity contribution in [2.75, 3.05) is 19.6 Å². The van der Waals surface area contributed by atoms with Crippen molar-refractivity contribution in [2.45, 2.75) is 25.7 Å². The lowest BCUT2D eigenvalue weighted by Crippen LogP contribution is -2.43. The van der Waals surface area contributed by atoms with Gasteiger partial charge in [0.05, 0.1) is 12.5 Å². The average molecular weight is 207 g/mol. The molecule has 14 heavy (non-hydrogen) atoms. The highest BCUT2D eigenvalue weighted by Gasteiger charge is 2.31. The first kappa shape index (κ1) is 11.4. The number of carboxylic acids is 1. The average Bonchev–Trinajstić information content (AvgIpc) is 2.01. The summed E-state index contributed by atoms with van der Waals surface area (Å²) < 4.78 is 25.3. The molecule has 0 aliphatic carbocycles. The third kappa shape index (κ3) is 3.57. The molecule has 1 aliphatic heterocycles. The Hall–Kier alpha value is -0.710. The van der Waals surface area contributed by atoms with Gasteiger partial charge in [0.15, 0.2) is 0 Å². The molecular formula is C9H15F2NO2. The number of aliphatic carboxylic acids is 1. The maximum atomic E-state index is 12.6. The van der Waals surface area contributed by atoms with Gasteiger partial charge in [-0.15, -0.1) is 0 Å². The minimum atomic E-state index is -2.74. The van der Waals surface area contributed by atoms with Crippen LogP contribution >= 0.6 is 0 Å². The highest BCUT2D eigenvalue weighted by Crippen LogP contribution is 2.20. The van der Waals surface area contributed by atoms with Crippen LogP contribution in [-0.4, -0.2) is 41.5 Å². The fourth-order valence-corrected chi connectivity index (χ4v) is 1.79. The number of halogens is 2. The molecule has 0 spiro atoms. The van der Waals surface area contributed by atoms with E-state index in [0.29, 0.717) is 19.4 Å². The van der Waals surface area contributed by atoms with Gasteiger partial charge in [-0.1, -0.05) is 0 Å². The van der Waals surface area contributed by atoms with Crippen molar-refractivity contribution >= 4 is 5.97 Å². The predicted octanol–water partition coefficient (Wildman–Crippen LogP) is 1.44. The molecule has 3 nitrogen and oxygen atoms in total. The molecule has 0 aromatic rings. The molecular weight excluding hydrogens is 192 g/mol. The van der Waals surface area contributed by atoms with E-state index in [2.05, 4.69) is 0 Å². The van der Waals surface area contributed by atoms with Crippen molar-refractivity contribution in [2.24, 2.45) is 5.92 Å². The lowest BCUT2D eigenvalue weighted by atomic mass is 9.98. The molecule has 0 amide bonds. The minimum Gasteiger partial charge on any atom is -0.481 e. The van der Waals surface area contributed by atoms with Crippen molar-refractivity contribution in [1.82, 2.24) is 4.90 Å². The molecule has 1 rings (SSSR count). The Morgan fingerprint density at radius 1 is 1.64 bits per heavy atom. The maximum absolute atomic E-state index is 12.6. The van der Waals surface area contributed by atoms with Crippen LogP contribution in [0.3, 0.4) is 0 Å². The summed E-state index contributed by atoms with van der Waals surface area (Å²) >= 11 is 0. The smallest absolute Gasteiger partial charge is 0.307 e. The normalized spacial score (nSPS) is 24.9. The fourth-order valence-electron chi connectivity index (χ4n) is 1.79. The van der Waals surface area contributed by atoms with E-state index >= 15 is 0 Å². The quantitative estimate of drug-likeness (QED) is 0.761. The molecule has 1 fully saturated rings. The molecule has 1 unspecified atom stereocenters. The zero-order chi connectivity index (χ0) is 10.8. The van der Waals surface area contributed by atoms with Crippen LogP contribution in [0, 0.1) is 5.92 Å². The van der Waals surface area contributed by atoms with Crippen LogP contribution in [0.5, 0.6) is 0 Å². The van der Waals surface area contributed by atoms with Crippen LogP contribution in [-0.2, 0) is 4.79 Å². The number of carbonyl (C=O) groups is 1. The number of alkyl halides is 2. The zero-order valence-electron chi connectivity index (χ0n) is 8.17. The van der Waals surface area contributed by atoms with Crippen LogP contribution in [0.25, 0.3) is 0 Å². The highest BCUT2D eigenvalue weighted by atomic mass is 19.3. The maximum Gasteiger partial charge on any atom is 0.307 e. The topological polar surface area (TPSA) is 40.5 Å². The van der Waals surface area contributed by atoms with Gasteiger partial charge in [0.25, 0.3) is 5.92 Å². The van der Waals surface area contributed by atoms with Gasteiger partial charge in [0.2, 0.25) is 0 Å². The molecule has 0 aromatic heterocycles. The summed E-state index contributed by atoms with van der Waals surface area (Å²) in [5, 5.41) is 8.74. The molecule has 82 valence electrons. The number of nitrogens with zero attached hydrogens (tertiary/aromatic N) is 1. The largest absolute Gasteiger partial charge is 0.481 e. The number of likely N-dealkylation sites (tertiary alicyclic amines) is 1. The number of rotatable bonds is 3. The van der Waals surface area contributed by atoms with Gasteiger partial charge in [-0.3, -0.25) is 9.69 Å². The Morgan fingerprint density at radius 3 is 2.79 bits per heavy atom. The molecule has 0 bridgehead atoms. The van der Waals surface area contributed by atoms with Crippen molar-refractivity contribution in [3.63, 3.8) is 0 Å². The second kappa shape index (κ2) is 4.21. The van der Waals surface area contributed by atoms with Gasteiger partial charge in [0.1, 0.15) is 0 Å². The second-order valence-corrected chi connectivity index (χ2v) is 3.98. The molecule has 1 atom stereocenters. The van der Waals surface area contributed by atoms with E-state index in [-0.39, 0.29) is 13.1 Å². The molecule has 0 aromatic carbocycles. The fraction of sp³-hybridized carbons (Fsp3) is 0.889. The van der Waals surface area contributed by atoms with Gasteiger partial charge < -0.3 is 5.11 Å². The van der Waals surface area contributed by atoms with Crippen LogP contribution in [0.15, 0.2) is 0 Å². The van der Waals surface area contributed by atoms with Crippen LogP contribution in [0.2, 0.25) is 0 Å². The van der Waals surface area contributed by atoms with E-state index in [1.54, 1.807) is 0 Å². The van der Waals surface area contributed by atoms with E-state index in [1.807, 2.05) is 0 Å². The van der Waals surface area contributed by atoms with Crippen molar-refractivity contribution in [3.05, 3.63) is 0 Å². The Balaban J connectivity index is 2.44. The number of hydrogen-bond donors (Lipinski definition) is 1. The summed E-state index contributed by atoms with van der Waals surface area (Å²) in [6, 6.07) is 0. The Kier molecular flexibility index (Phi) is 3.42. The molecule has 1 N–H and O–H groups in total. The molecule has 0 radical (unpaired) electrons. The van der Waals surface area contributed by atoms with Crippen LogP contribution < -0.4 is 0 Å². The summed E-state index contributed by atoms with van der Waals surface area (Å²) in [6.07, 6.45) is 1.29. The summed E-state index contributed by atoms with van der Waals surface area (Å²) in [5.41, 5.74) is 0. The zero-order valence-corrected chi connectivity index (χ0v) is 8.17. The van der Waals surface area contributed by atoms with Crippen molar-refractivity contribution in [3.8, 4) is 0 Å². The molecule has 1 saturated heterocycles. The summed E-state index contributed by atoms with van der Waals surface area (Å²) in [7, 11) is 0. The first-order valence-electron chi connectivity index (χ1n) is 4.71. The third-order valence-electron chi connectivity index (χ3n) is 2.36. The van der Waals surface area contributed by atoms with Gasteiger partial charge in [-0.05, 0) is 19.4 Å². The van der Waals surface area contributed by atoms with Gasteiger partial charge in [0, 0.05) is 13.5 Å². The van der Waals surface area contributed by atoms with E-state index in [9.17, 15) is 13.6 Å². The number of hydrogen-bond acceptors (Lipinski definition) is 2. The SMILES string of the molecule is CC(F)(F)CN1CCCC(C(=O)O)C1. The Labute approximate surface area is 81.7 Å². The van der Waals surface area contributed by atoms with Gasteiger partial charge >= 0.3 is 5.97 Å². The van der Waals surface area contributed by atoms with E-state index in [1.165, 1.54) is 4.90 Å². The molecule has 1 aliphatic rings. The first-order valence-corrected chi connectivity index (χ1v) is 4.71. The standard InChI is InChI=1S/C9H15F2NO2/c1-9(10,11)6-12-4-2-3-7(5-12)8(13)14/h7H,2-6H2,1H3,(H,13,14). The highest BCUT2D eigenvalue weighted by molar-refractivity contribution is 5.70. The van der Waals surface area contributed by atoms with Gasteiger partial charge in [-0.2, -0.15) is 0 Å². The minimum absolute atomic E-state index is 0.249. The van der Waals surface area contributed by atoms with Crippen molar-refractivity contribution < 1.29 is 18.7 Å². The molecule has 1 heterocycles. The number of carboxylic acid groups (broad SMARTS) is 1. The molecule has 5 heteroatoms. The summed E-state index contributed by atoms with van der Waals surface area (Å²) in [4.78, 5) is 12.2. The Morgan fingerprint density at radius 2 is 2.29 bits per heavy atom. The number of piperidine rings is 1. The van der Waals surface area contributed by atoms with Crippen LogP contribution in [0.4, 0.5) is 8.78 Å². The third-order valence-corrected chi connectivity index (χ3v) is 2.36. The lowest BCUT2D eigenvalue weighted by molar-refractivity contribution is -0.144. The Bertz CT molecular complexity index is 215. The van der Waals surface area contributed by atoms with Crippen LogP contribution in [0.1, 0.15) is 19.8 Å².